The van der Waals surface area contributed by atoms with Crippen LogP contribution in [0.15, 0.2) is 22.7 Å². The normalized spacial score (nSPS) is 11.3. The Morgan fingerprint density at radius 3 is 2.65 bits per heavy atom. The van der Waals surface area contributed by atoms with Gasteiger partial charge in [-0.25, -0.2) is 4.79 Å². The number of halogens is 1. The second kappa shape index (κ2) is 6.85. The molecule has 1 atom stereocenters. The molecule has 0 bridgehead atoms. The molecule has 20 heavy (non-hydrogen) atoms. The van der Waals surface area contributed by atoms with Gasteiger partial charge in [0.25, 0.3) is 11.6 Å². The summed E-state index contributed by atoms with van der Waals surface area (Å²) in [5.41, 5.74) is -0.165. The maximum atomic E-state index is 11.6. The van der Waals surface area contributed by atoms with Gasteiger partial charge in [0, 0.05) is 13.1 Å². The summed E-state index contributed by atoms with van der Waals surface area (Å²) in [7, 11) is 1.37. The molecule has 0 saturated carbocycles. The van der Waals surface area contributed by atoms with Gasteiger partial charge in [-0.15, -0.1) is 0 Å². The van der Waals surface area contributed by atoms with Crippen molar-refractivity contribution in [3.63, 3.8) is 0 Å². The number of urea groups is 1. The van der Waals surface area contributed by atoms with E-state index in [1.165, 1.54) is 32.2 Å². The molecule has 0 fully saturated rings. The second-order valence-electron chi connectivity index (χ2n) is 3.70. The van der Waals surface area contributed by atoms with Crippen molar-refractivity contribution >= 4 is 33.6 Å². The van der Waals surface area contributed by atoms with Crippen molar-refractivity contribution in [2.45, 2.75) is 13.0 Å². The smallest absolute Gasteiger partial charge is 0.321 e. The van der Waals surface area contributed by atoms with Gasteiger partial charge >= 0.3 is 6.03 Å². The van der Waals surface area contributed by atoms with Crippen LogP contribution in [-0.2, 0) is 4.79 Å². The average Bonchev–Trinajstić information content (AvgIpc) is 2.40. The lowest BCUT2D eigenvalue weighted by molar-refractivity contribution is -0.385. The lowest BCUT2D eigenvalue weighted by Crippen LogP contribution is -2.44. The SMILES string of the molecule is CNC(=O)NC(=O)C(C)Oc1cc([N+](=O)[O-])ccc1Br. The van der Waals surface area contributed by atoms with E-state index in [0.29, 0.717) is 4.47 Å². The Bertz CT molecular complexity index is 549. The van der Waals surface area contributed by atoms with E-state index < -0.39 is 23.0 Å². The predicted molar refractivity (Wildman–Crippen MR) is 73.5 cm³/mol. The fourth-order valence-corrected chi connectivity index (χ4v) is 1.56. The molecule has 1 aromatic rings. The molecule has 3 amide bonds. The van der Waals surface area contributed by atoms with E-state index in [2.05, 4.69) is 21.2 Å². The molecule has 0 heterocycles. The Balaban J connectivity index is 2.82. The molecule has 1 rings (SSSR count). The molecule has 0 aromatic heterocycles. The van der Waals surface area contributed by atoms with Crippen LogP contribution < -0.4 is 15.4 Å². The molecule has 2 N–H and O–H groups in total. The number of nitro groups is 1. The van der Waals surface area contributed by atoms with Crippen molar-refractivity contribution in [1.82, 2.24) is 10.6 Å². The van der Waals surface area contributed by atoms with Crippen molar-refractivity contribution in [3.8, 4) is 5.75 Å². The van der Waals surface area contributed by atoms with Gasteiger partial charge in [0.1, 0.15) is 5.75 Å². The summed E-state index contributed by atoms with van der Waals surface area (Å²) in [5, 5.41) is 14.9. The molecule has 0 spiro atoms. The molecule has 1 aromatic carbocycles. The van der Waals surface area contributed by atoms with Gasteiger partial charge in [0.2, 0.25) is 0 Å². The summed E-state index contributed by atoms with van der Waals surface area (Å²) in [6, 6.07) is 3.26. The van der Waals surface area contributed by atoms with Crippen molar-refractivity contribution in [1.29, 1.82) is 0 Å². The van der Waals surface area contributed by atoms with Crippen LogP contribution in [0.1, 0.15) is 6.92 Å². The number of nitrogens with zero attached hydrogens (tertiary/aromatic N) is 1. The quantitative estimate of drug-likeness (QED) is 0.635. The number of non-ortho nitro benzene ring substituents is 1. The van der Waals surface area contributed by atoms with Crippen LogP contribution in [0, 0.1) is 10.1 Å². The van der Waals surface area contributed by atoms with E-state index in [1.54, 1.807) is 0 Å². The largest absolute Gasteiger partial charge is 0.479 e. The first-order chi connectivity index (χ1) is 9.35. The van der Waals surface area contributed by atoms with E-state index >= 15 is 0 Å². The number of ether oxygens (including phenoxy) is 1. The molecule has 0 radical (unpaired) electrons. The minimum absolute atomic E-state index is 0.138. The molecular formula is C11H12BrN3O5. The fourth-order valence-electron chi connectivity index (χ4n) is 1.22. The first-order valence-electron chi connectivity index (χ1n) is 5.48. The van der Waals surface area contributed by atoms with E-state index in [9.17, 15) is 19.7 Å². The zero-order valence-corrected chi connectivity index (χ0v) is 12.3. The molecule has 9 heteroatoms. The second-order valence-corrected chi connectivity index (χ2v) is 4.55. The Kier molecular flexibility index (Phi) is 5.44. The summed E-state index contributed by atoms with van der Waals surface area (Å²) >= 11 is 3.16. The molecular weight excluding hydrogens is 334 g/mol. The Hall–Kier alpha value is -2.16. The van der Waals surface area contributed by atoms with Crippen LogP contribution in [0.2, 0.25) is 0 Å². The number of rotatable bonds is 4. The third kappa shape index (κ3) is 4.19. The summed E-state index contributed by atoms with van der Waals surface area (Å²) in [6.07, 6.45) is -0.995. The van der Waals surface area contributed by atoms with Gasteiger partial charge in [-0.3, -0.25) is 20.2 Å². The van der Waals surface area contributed by atoms with E-state index in [-0.39, 0.29) is 11.4 Å². The first-order valence-corrected chi connectivity index (χ1v) is 6.27. The number of hydrogen-bond acceptors (Lipinski definition) is 5. The molecule has 108 valence electrons. The van der Waals surface area contributed by atoms with Crippen LogP contribution in [0.4, 0.5) is 10.5 Å². The third-order valence-corrected chi connectivity index (χ3v) is 2.92. The minimum Gasteiger partial charge on any atom is -0.479 e. The van der Waals surface area contributed by atoms with Crippen LogP contribution in [0.25, 0.3) is 0 Å². The van der Waals surface area contributed by atoms with Gasteiger partial charge in [0.05, 0.1) is 15.5 Å². The molecule has 0 aliphatic carbocycles. The van der Waals surface area contributed by atoms with Gasteiger partial charge in [-0.05, 0) is 28.9 Å². The molecule has 0 saturated heterocycles. The van der Waals surface area contributed by atoms with Crippen LogP contribution >= 0.6 is 15.9 Å². The number of carbonyl (C=O) groups excluding carboxylic acids is 2. The number of benzene rings is 1. The number of hydrogen-bond donors (Lipinski definition) is 2. The van der Waals surface area contributed by atoms with Crippen LogP contribution in [-0.4, -0.2) is 30.0 Å². The summed E-state index contributed by atoms with van der Waals surface area (Å²) in [5.74, 6) is -0.526. The molecule has 0 aliphatic heterocycles. The van der Waals surface area contributed by atoms with E-state index in [4.69, 9.17) is 4.74 Å². The summed E-state index contributed by atoms with van der Waals surface area (Å²) in [6.45, 7) is 1.42. The average molecular weight is 346 g/mol. The highest BCUT2D eigenvalue weighted by Crippen LogP contribution is 2.30. The molecule has 0 aliphatic rings. The minimum atomic E-state index is -0.995. The Morgan fingerprint density at radius 2 is 2.10 bits per heavy atom. The number of carbonyl (C=O) groups is 2. The number of nitrogens with one attached hydrogen (secondary N) is 2. The monoisotopic (exact) mass is 345 g/mol. The highest BCUT2D eigenvalue weighted by molar-refractivity contribution is 9.10. The molecule has 1 unspecified atom stereocenters. The zero-order chi connectivity index (χ0) is 15.3. The Labute approximate surface area is 122 Å². The lowest BCUT2D eigenvalue weighted by atomic mass is 10.3. The maximum Gasteiger partial charge on any atom is 0.321 e. The number of nitro benzene ring substituents is 1. The van der Waals surface area contributed by atoms with E-state index in [1.807, 2.05) is 5.32 Å². The number of amides is 3. The fraction of sp³-hybridized carbons (Fsp3) is 0.273. The zero-order valence-electron chi connectivity index (χ0n) is 10.7. The van der Waals surface area contributed by atoms with Gasteiger partial charge in [-0.2, -0.15) is 0 Å². The predicted octanol–water partition coefficient (Wildman–Crippen LogP) is 1.58. The standard InChI is InChI=1S/C11H12BrN3O5/c1-6(10(16)14-11(17)13-2)20-9-5-7(15(18)19)3-4-8(9)12/h3-6H,1-2H3,(H2,13,14,16,17). The Morgan fingerprint density at radius 1 is 1.45 bits per heavy atom. The van der Waals surface area contributed by atoms with Crippen molar-refractivity contribution in [2.24, 2.45) is 0 Å². The molecule has 8 nitrogen and oxygen atoms in total. The van der Waals surface area contributed by atoms with Gasteiger partial charge in [-0.1, -0.05) is 0 Å². The van der Waals surface area contributed by atoms with Gasteiger partial charge < -0.3 is 10.1 Å². The van der Waals surface area contributed by atoms with Gasteiger partial charge in [0.15, 0.2) is 6.10 Å². The lowest BCUT2D eigenvalue weighted by Gasteiger charge is -2.14. The first kappa shape index (κ1) is 15.9. The summed E-state index contributed by atoms with van der Waals surface area (Å²) in [4.78, 5) is 32.7. The van der Waals surface area contributed by atoms with Crippen molar-refractivity contribution in [2.75, 3.05) is 7.05 Å². The highest BCUT2D eigenvalue weighted by Gasteiger charge is 2.19. The van der Waals surface area contributed by atoms with Crippen molar-refractivity contribution < 1.29 is 19.2 Å². The van der Waals surface area contributed by atoms with Crippen LogP contribution in [0.5, 0.6) is 5.75 Å². The highest BCUT2D eigenvalue weighted by atomic mass is 79.9. The maximum absolute atomic E-state index is 11.6. The van der Waals surface area contributed by atoms with Crippen LogP contribution in [0.3, 0.4) is 0 Å². The van der Waals surface area contributed by atoms with Crippen molar-refractivity contribution in [3.05, 3.63) is 32.8 Å². The topological polar surface area (TPSA) is 111 Å². The third-order valence-electron chi connectivity index (χ3n) is 2.26. The summed E-state index contributed by atoms with van der Waals surface area (Å²) < 4.78 is 5.76. The van der Waals surface area contributed by atoms with E-state index in [0.717, 1.165) is 0 Å². The number of imide groups is 1.